The predicted octanol–water partition coefficient (Wildman–Crippen LogP) is 5.02. The molecule has 0 spiro atoms. The first-order valence-corrected chi connectivity index (χ1v) is 7.34. The molecule has 21 heavy (non-hydrogen) atoms. The molecular weight excluding hydrogens is 254 g/mol. The lowest BCUT2D eigenvalue weighted by Gasteiger charge is -2.20. The number of nitrogens with zero attached hydrogens (tertiary/aromatic N) is 1. The van der Waals surface area contributed by atoms with E-state index in [1.54, 1.807) is 0 Å². The zero-order chi connectivity index (χ0) is 14.4. The Hall–Kier alpha value is -2.54. The zero-order valence-electron chi connectivity index (χ0n) is 12.0. The van der Waals surface area contributed by atoms with Crippen LogP contribution in [0, 0.1) is 0 Å². The fourth-order valence-electron chi connectivity index (χ4n) is 3.30. The average molecular weight is 271 g/mol. The number of aromatic nitrogens is 1. The Morgan fingerprint density at radius 2 is 1.71 bits per heavy atom. The summed E-state index contributed by atoms with van der Waals surface area (Å²) < 4.78 is 2.29. The highest BCUT2D eigenvalue weighted by atomic mass is 15.0. The summed E-state index contributed by atoms with van der Waals surface area (Å²) in [5.41, 5.74) is 7.66. The highest BCUT2D eigenvalue weighted by Gasteiger charge is 2.17. The Labute approximate surface area is 124 Å². The summed E-state index contributed by atoms with van der Waals surface area (Å²) in [5, 5.41) is 1.23. The minimum absolute atomic E-state index is 1.12. The molecule has 0 unspecified atom stereocenters. The maximum absolute atomic E-state index is 4.01. The van der Waals surface area contributed by atoms with E-state index in [1.165, 1.54) is 40.6 Å². The van der Waals surface area contributed by atoms with Crippen LogP contribution >= 0.6 is 0 Å². The Balaban J connectivity index is 2.09. The molecule has 3 aromatic rings. The van der Waals surface area contributed by atoms with Crippen molar-refractivity contribution < 1.29 is 0 Å². The van der Waals surface area contributed by atoms with Crippen LogP contribution in [0.5, 0.6) is 0 Å². The van der Waals surface area contributed by atoms with E-state index in [0.717, 1.165) is 11.3 Å². The van der Waals surface area contributed by atoms with Crippen LogP contribution in [-0.4, -0.2) is 4.57 Å². The number of para-hydroxylation sites is 1. The minimum atomic E-state index is 1.12. The highest BCUT2D eigenvalue weighted by Crippen LogP contribution is 2.33. The second-order valence-corrected chi connectivity index (χ2v) is 5.51. The molecule has 1 heteroatoms. The lowest BCUT2D eigenvalue weighted by molar-refractivity contribution is 0.835. The first-order valence-electron chi connectivity index (χ1n) is 7.34. The Morgan fingerprint density at radius 3 is 2.38 bits per heavy atom. The number of hydrogen-bond donors (Lipinski definition) is 0. The van der Waals surface area contributed by atoms with Crippen LogP contribution < -0.4 is 0 Å². The molecule has 1 aliphatic rings. The monoisotopic (exact) mass is 271 g/mol. The van der Waals surface area contributed by atoms with Crippen LogP contribution in [0.4, 0.5) is 0 Å². The molecule has 0 radical (unpaired) electrons. The van der Waals surface area contributed by atoms with E-state index in [1.807, 2.05) is 12.2 Å². The second kappa shape index (κ2) is 4.49. The van der Waals surface area contributed by atoms with Crippen LogP contribution in [0.3, 0.4) is 0 Å². The van der Waals surface area contributed by atoms with Crippen molar-refractivity contribution in [2.75, 3.05) is 0 Å². The number of rotatable bonds is 3. The molecule has 0 bridgehead atoms. The van der Waals surface area contributed by atoms with Crippen molar-refractivity contribution in [3.8, 4) is 5.69 Å². The summed E-state index contributed by atoms with van der Waals surface area (Å²) in [7, 11) is 0. The van der Waals surface area contributed by atoms with Gasteiger partial charge in [-0.1, -0.05) is 43.5 Å². The SMILES string of the molecule is C=Cc1c(C=C)n(-c2ccc3c(c2)CC3)c2ccccc12. The Bertz CT molecular complexity index is 880. The Morgan fingerprint density at radius 1 is 0.905 bits per heavy atom. The van der Waals surface area contributed by atoms with Gasteiger partial charge in [-0.2, -0.15) is 0 Å². The molecule has 1 nitrogen and oxygen atoms in total. The summed E-state index contributed by atoms with van der Waals surface area (Å²) >= 11 is 0. The van der Waals surface area contributed by atoms with E-state index in [9.17, 15) is 0 Å². The Kier molecular flexibility index (Phi) is 2.61. The van der Waals surface area contributed by atoms with E-state index in [-0.39, 0.29) is 0 Å². The van der Waals surface area contributed by atoms with E-state index in [2.05, 4.69) is 60.2 Å². The molecule has 0 atom stereocenters. The third kappa shape index (κ3) is 1.64. The van der Waals surface area contributed by atoms with E-state index < -0.39 is 0 Å². The maximum atomic E-state index is 4.01. The van der Waals surface area contributed by atoms with Crippen molar-refractivity contribution in [1.82, 2.24) is 4.57 Å². The molecule has 0 saturated heterocycles. The molecule has 102 valence electrons. The molecular formula is C20H17N. The van der Waals surface area contributed by atoms with Gasteiger partial charge in [0.15, 0.2) is 0 Å². The van der Waals surface area contributed by atoms with Gasteiger partial charge in [-0.05, 0) is 48.2 Å². The fraction of sp³-hybridized carbons (Fsp3) is 0.100. The highest BCUT2D eigenvalue weighted by molar-refractivity contribution is 5.95. The molecule has 0 amide bonds. The quantitative estimate of drug-likeness (QED) is 0.630. The molecule has 0 saturated carbocycles. The number of aryl methyl sites for hydroxylation is 2. The predicted molar refractivity (Wildman–Crippen MR) is 90.9 cm³/mol. The van der Waals surface area contributed by atoms with E-state index in [0.29, 0.717) is 0 Å². The van der Waals surface area contributed by atoms with Gasteiger partial charge < -0.3 is 4.57 Å². The molecule has 0 aliphatic heterocycles. The third-order valence-electron chi connectivity index (χ3n) is 4.46. The van der Waals surface area contributed by atoms with Gasteiger partial charge in [0.2, 0.25) is 0 Å². The van der Waals surface area contributed by atoms with Crippen LogP contribution in [0.1, 0.15) is 22.4 Å². The number of hydrogen-bond acceptors (Lipinski definition) is 0. The van der Waals surface area contributed by atoms with E-state index in [4.69, 9.17) is 0 Å². The van der Waals surface area contributed by atoms with E-state index >= 15 is 0 Å². The minimum Gasteiger partial charge on any atom is -0.309 e. The normalized spacial score (nSPS) is 12.8. The van der Waals surface area contributed by atoms with Crippen molar-refractivity contribution in [1.29, 1.82) is 0 Å². The number of benzene rings is 2. The van der Waals surface area contributed by atoms with Crippen LogP contribution in [0.15, 0.2) is 55.6 Å². The standard InChI is InChI=1S/C20H17N/c1-3-17-18-7-5-6-8-20(18)21(19(17)4-2)16-12-11-14-9-10-15(14)13-16/h3-8,11-13H,1-2,9-10H2. The van der Waals surface area contributed by atoms with Crippen molar-refractivity contribution in [2.45, 2.75) is 12.8 Å². The second-order valence-electron chi connectivity index (χ2n) is 5.51. The summed E-state index contributed by atoms with van der Waals surface area (Å²) in [5.74, 6) is 0. The summed E-state index contributed by atoms with van der Waals surface area (Å²) in [6.07, 6.45) is 6.27. The van der Waals surface area contributed by atoms with Gasteiger partial charge in [0, 0.05) is 16.6 Å². The van der Waals surface area contributed by atoms with Crippen LogP contribution in [0.2, 0.25) is 0 Å². The first kappa shape index (κ1) is 12.2. The van der Waals surface area contributed by atoms with Crippen molar-refractivity contribution >= 4 is 23.1 Å². The van der Waals surface area contributed by atoms with Gasteiger partial charge in [-0.15, -0.1) is 0 Å². The summed E-state index contributed by atoms with van der Waals surface area (Å²) in [4.78, 5) is 0. The van der Waals surface area contributed by atoms with Gasteiger partial charge in [-0.25, -0.2) is 0 Å². The van der Waals surface area contributed by atoms with Gasteiger partial charge in [0.25, 0.3) is 0 Å². The molecule has 1 aromatic heterocycles. The molecule has 2 aromatic carbocycles. The topological polar surface area (TPSA) is 4.93 Å². The fourth-order valence-corrected chi connectivity index (χ4v) is 3.30. The van der Waals surface area contributed by atoms with Crippen molar-refractivity contribution in [3.63, 3.8) is 0 Å². The summed E-state index contributed by atoms with van der Waals surface area (Å²) in [6.45, 7) is 7.98. The van der Waals surface area contributed by atoms with Crippen molar-refractivity contribution in [3.05, 3.63) is 78.0 Å². The molecule has 4 rings (SSSR count). The van der Waals surface area contributed by atoms with Gasteiger partial charge in [-0.3, -0.25) is 0 Å². The van der Waals surface area contributed by atoms with Crippen LogP contribution in [0.25, 0.3) is 28.7 Å². The smallest absolute Gasteiger partial charge is 0.0541 e. The van der Waals surface area contributed by atoms with Crippen LogP contribution in [-0.2, 0) is 12.8 Å². The van der Waals surface area contributed by atoms with Crippen molar-refractivity contribution in [2.24, 2.45) is 0 Å². The average Bonchev–Trinajstić information content (AvgIpc) is 2.82. The molecule has 1 heterocycles. The molecule has 0 fully saturated rings. The van der Waals surface area contributed by atoms with Gasteiger partial charge in [0.05, 0.1) is 11.2 Å². The summed E-state index contributed by atoms with van der Waals surface area (Å²) in [6, 6.07) is 15.2. The lowest BCUT2D eigenvalue weighted by atomic mass is 9.88. The molecule has 1 aliphatic carbocycles. The van der Waals surface area contributed by atoms with Gasteiger partial charge >= 0.3 is 0 Å². The third-order valence-corrected chi connectivity index (χ3v) is 4.46. The first-order chi connectivity index (χ1) is 10.3. The molecule has 0 N–H and O–H groups in total. The largest absolute Gasteiger partial charge is 0.309 e. The maximum Gasteiger partial charge on any atom is 0.0541 e. The zero-order valence-corrected chi connectivity index (χ0v) is 12.0. The number of fused-ring (bicyclic) bond motifs is 2. The lowest BCUT2D eigenvalue weighted by Crippen LogP contribution is -2.09. The van der Waals surface area contributed by atoms with Gasteiger partial charge in [0.1, 0.15) is 0 Å².